The Kier molecular flexibility index (Phi) is 7.16. The first-order valence-electron chi connectivity index (χ1n) is 11.0. The largest absolute Gasteiger partial charge is 0.495 e. The number of amides is 1. The van der Waals surface area contributed by atoms with E-state index in [0.717, 1.165) is 41.6 Å². The molecule has 2 aromatic carbocycles. The van der Waals surface area contributed by atoms with Crippen molar-refractivity contribution in [2.24, 2.45) is 0 Å². The van der Waals surface area contributed by atoms with Crippen LogP contribution in [-0.4, -0.2) is 50.4 Å². The molecule has 1 N–H and O–H groups in total. The Labute approximate surface area is 197 Å². The van der Waals surface area contributed by atoms with Crippen LogP contribution in [0.3, 0.4) is 0 Å². The number of sulfonamides is 1. The lowest BCUT2D eigenvalue weighted by Crippen LogP contribution is -2.32. The number of methoxy groups -OCH3 is 1. The minimum absolute atomic E-state index is 0.00482. The smallest absolute Gasteiger partial charge is 0.257 e. The summed E-state index contributed by atoms with van der Waals surface area (Å²) in [6, 6.07) is 10.0. The SMILES string of the molecule is CCOc1ccc2nc(NC(=O)c3ccc(OC)c(S(=O)(=O)N4CCCCCC4)c3)sc2c1. The van der Waals surface area contributed by atoms with Gasteiger partial charge in [0.1, 0.15) is 16.4 Å². The van der Waals surface area contributed by atoms with Gasteiger partial charge in [-0.15, -0.1) is 0 Å². The Hall–Kier alpha value is -2.69. The third kappa shape index (κ3) is 5.13. The van der Waals surface area contributed by atoms with Crippen molar-refractivity contribution in [3.05, 3.63) is 42.0 Å². The first kappa shape index (κ1) is 23.5. The van der Waals surface area contributed by atoms with Crippen LogP contribution in [0.1, 0.15) is 43.0 Å². The molecule has 33 heavy (non-hydrogen) atoms. The Balaban J connectivity index is 1.60. The van der Waals surface area contributed by atoms with Gasteiger partial charge in [-0.05, 0) is 56.2 Å². The molecule has 8 nitrogen and oxygen atoms in total. The zero-order valence-corrected chi connectivity index (χ0v) is 20.3. The number of hydrogen-bond acceptors (Lipinski definition) is 7. The summed E-state index contributed by atoms with van der Waals surface area (Å²) in [4.78, 5) is 17.4. The van der Waals surface area contributed by atoms with E-state index in [1.165, 1.54) is 34.9 Å². The van der Waals surface area contributed by atoms with Crippen LogP contribution in [-0.2, 0) is 10.0 Å². The lowest BCUT2D eigenvalue weighted by Gasteiger charge is -2.21. The molecule has 176 valence electrons. The van der Waals surface area contributed by atoms with Gasteiger partial charge in [-0.2, -0.15) is 4.31 Å². The summed E-state index contributed by atoms with van der Waals surface area (Å²) in [6.45, 7) is 3.42. The molecule has 0 unspecified atom stereocenters. The number of aromatic nitrogens is 1. The molecule has 10 heteroatoms. The number of hydrogen-bond donors (Lipinski definition) is 1. The minimum atomic E-state index is -3.79. The zero-order chi connectivity index (χ0) is 23.4. The van der Waals surface area contributed by atoms with Gasteiger partial charge in [-0.25, -0.2) is 13.4 Å². The van der Waals surface area contributed by atoms with Gasteiger partial charge in [0.25, 0.3) is 5.91 Å². The summed E-state index contributed by atoms with van der Waals surface area (Å²) in [5, 5.41) is 3.21. The Bertz CT molecular complexity index is 1250. The normalized spacial score (nSPS) is 15.2. The van der Waals surface area contributed by atoms with Crippen molar-refractivity contribution in [1.29, 1.82) is 0 Å². The molecule has 0 bridgehead atoms. The summed E-state index contributed by atoms with van der Waals surface area (Å²) in [6.07, 6.45) is 3.67. The van der Waals surface area contributed by atoms with Crippen molar-refractivity contribution in [3.8, 4) is 11.5 Å². The molecule has 1 aromatic heterocycles. The number of carbonyl (C=O) groups excluding carboxylic acids is 1. The van der Waals surface area contributed by atoms with Gasteiger partial charge in [-0.1, -0.05) is 24.2 Å². The molecule has 4 rings (SSSR count). The second kappa shape index (κ2) is 10.1. The Morgan fingerprint density at radius 1 is 1.12 bits per heavy atom. The number of thiazole rings is 1. The molecule has 1 aliphatic rings. The lowest BCUT2D eigenvalue weighted by molar-refractivity contribution is 0.102. The van der Waals surface area contributed by atoms with Gasteiger partial charge >= 0.3 is 0 Å². The lowest BCUT2D eigenvalue weighted by atomic mass is 10.2. The maximum atomic E-state index is 13.3. The fourth-order valence-corrected chi connectivity index (χ4v) is 6.41. The minimum Gasteiger partial charge on any atom is -0.495 e. The summed E-state index contributed by atoms with van der Waals surface area (Å²) in [5.74, 6) is 0.526. The monoisotopic (exact) mass is 489 g/mol. The number of carbonyl (C=O) groups is 1. The third-order valence-corrected chi connectivity index (χ3v) is 8.35. The topological polar surface area (TPSA) is 97.8 Å². The average molecular weight is 490 g/mol. The predicted octanol–water partition coefficient (Wildman–Crippen LogP) is 4.52. The number of rotatable bonds is 7. The highest BCUT2D eigenvalue weighted by Gasteiger charge is 2.29. The summed E-state index contributed by atoms with van der Waals surface area (Å²) < 4.78 is 39.9. The van der Waals surface area contributed by atoms with Crippen LogP contribution in [0, 0.1) is 0 Å². The van der Waals surface area contributed by atoms with Gasteiger partial charge in [0, 0.05) is 18.7 Å². The van der Waals surface area contributed by atoms with E-state index in [-0.39, 0.29) is 16.2 Å². The van der Waals surface area contributed by atoms with E-state index in [2.05, 4.69) is 10.3 Å². The molecule has 1 fully saturated rings. The van der Waals surface area contributed by atoms with Crippen LogP contribution in [0.5, 0.6) is 11.5 Å². The van der Waals surface area contributed by atoms with Gasteiger partial charge in [0.2, 0.25) is 10.0 Å². The summed E-state index contributed by atoms with van der Waals surface area (Å²) in [5.41, 5.74) is 0.969. The maximum Gasteiger partial charge on any atom is 0.257 e. The van der Waals surface area contributed by atoms with Crippen LogP contribution in [0.15, 0.2) is 41.3 Å². The zero-order valence-electron chi connectivity index (χ0n) is 18.7. The van der Waals surface area contributed by atoms with Crippen molar-refractivity contribution in [1.82, 2.24) is 9.29 Å². The van der Waals surface area contributed by atoms with E-state index in [1.54, 1.807) is 6.07 Å². The molecular formula is C23H27N3O5S2. The van der Waals surface area contributed by atoms with Gasteiger partial charge in [0.15, 0.2) is 5.13 Å². The quantitative estimate of drug-likeness (QED) is 0.524. The fourth-order valence-electron chi connectivity index (χ4n) is 3.82. The van der Waals surface area contributed by atoms with Gasteiger partial charge < -0.3 is 9.47 Å². The Morgan fingerprint density at radius 3 is 2.58 bits per heavy atom. The molecule has 0 spiro atoms. The fraction of sp³-hybridized carbons (Fsp3) is 0.391. The van der Waals surface area contributed by atoms with Gasteiger partial charge in [-0.3, -0.25) is 10.1 Å². The van der Waals surface area contributed by atoms with E-state index in [0.29, 0.717) is 24.8 Å². The molecule has 2 heterocycles. The molecule has 0 saturated carbocycles. The first-order chi connectivity index (χ1) is 15.9. The summed E-state index contributed by atoms with van der Waals surface area (Å²) >= 11 is 1.33. The van der Waals surface area contributed by atoms with Crippen LogP contribution >= 0.6 is 11.3 Å². The Morgan fingerprint density at radius 2 is 1.88 bits per heavy atom. The number of nitrogens with zero attached hydrogens (tertiary/aromatic N) is 2. The molecule has 3 aromatic rings. The highest BCUT2D eigenvalue weighted by molar-refractivity contribution is 7.89. The number of anilines is 1. The highest BCUT2D eigenvalue weighted by Crippen LogP contribution is 2.32. The van der Waals surface area contributed by atoms with Crippen molar-refractivity contribution >= 4 is 42.6 Å². The molecule has 1 saturated heterocycles. The number of nitrogens with one attached hydrogen (secondary N) is 1. The van der Waals surface area contributed by atoms with Gasteiger partial charge in [0.05, 0.1) is 23.9 Å². The molecule has 0 atom stereocenters. The van der Waals surface area contributed by atoms with E-state index in [4.69, 9.17) is 9.47 Å². The third-order valence-electron chi connectivity index (χ3n) is 5.50. The van der Waals surface area contributed by atoms with E-state index >= 15 is 0 Å². The average Bonchev–Trinajstić information content (AvgIpc) is 3.00. The second-order valence-corrected chi connectivity index (χ2v) is 10.7. The molecule has 1 aliphatic heterocycles. The second-order valence-electron chi connectivity index (χ2n) is 7.72. The number of fused-ring (bicyclic) bond motifs is 1. The molecule has 0 aliphatic carbocycles. The van der Waals surface area contributed by atoms with E-state index < -0.39 is 15.9 Å². The maximum absolute atomic E-state index is 13.3. The van der Waals surface area contributed by atoms with Crippen LogP contribution < -0.4 is 14.8 Å². The van der Waals surface area contributed by atoms with Crippen molar-refractivity contribution in [3.63, 3.8) is 0 Å². The van der Waals surface area contributed by atoms with E-state index in [9.17, 15) is 13.2 Å². The van der Waals surface area contributed by atoms with E-state index in [1.807, 2.05) is 25.1 Å². The molecule has 0 radical (unpaired) electrons. The molecule has 1 amide bonds. The standard InChI is InChI=1S/C23H27N3O5S2/c1-3-31-17-9-10-18-20(15-17)32-23(24-18)25-22(27)16-8-11-19(30-2)21(14-16)33(28,29)26-12-6-4-5-7-13-26/h8-11,14-15H,3-7,12-13H2,1-2H3,(H,24,25,27). The first-order valence-corrected chi connectivity index (χ1v) is 13.2. The van der Waals surface area contributed by atoms with Crippen molar-refractivity contribution in [2.45, 2.75) is 37.5 Å². The van der Waals surface area contributed by atoms with Crippen LogP contribution in [0.2, 0.25) is 0 Å². The van der Waals surface area contributed by atoms with Crippen molar-refractivity contribution < 1.29 is 22.7 Å². The number of benzene rings is 2. The van der Waals surface area contributed by atoms with Crippen LogP contribution in [0.4, 0.5) is 5.13 Å². The molecular weight excluding hydrogens is 462 g/mol. The summed E-state index contributed by atoms with van der Waals surface area (Å²) in [7, 11) is -2.36. The predicted molar refractivity (Wildman–Crippen MR) is 129 cm³/mol. The van der Waals surface area contributed by atoms with Crippen LogP contribution in [0.25, 0.3) is 10.2 Å². The van der Waals surface area contributed by atoms with Crippen molar-refractivity contribution in [2.75, 3.05) is 32.1 Å². The number of ether oxygens (including phenoxy) is 2. The highest BCUT2D eigenvalue weighted by atomic mass is 32.2.